The molecule has 2 aromatic rings. The van der Waals surface area contributed by atoms with Gasteiger partial charge in [0.1, 0.15) is 0 Å². The minimum absolute atomic E-state index is 0.0672. The molecule has 2 rings (SSSR count). The first-order chi connectivity index (χ1) is 8.09. The molecule has 0 saturated carbocycles. The second-order valence-electron chi connectivity index (χ2n) is 4.56. The Hall–Kier alpha value is -1.55. The first kappa shape index (κ1) is 11.9. The van der Waals surface area contributed by atoms with E-state index in [4.69, 9.17) is 4.42 Å². The predicted molar refractivity (Wildman–Crippen MR) is 68.4 cm³/mol. The fraction of sp³-hybridized carbons (Fsp3) is 0.308. The summed E-state index contributed by atoms with van der Waals surface area (Å²) in [7, 11) is 0. The summed E-state index contributed by atoms with van der Waals surface area (Å²) in [5.74, 6) is 0.185. The first-order valence-electron chi connectivity index (χ1n) is 5.44. The summed E-state index contributed by atoms with van der Waals surface area (Å²) in [5.41, 5.74) is 1.17. The van der Waals surface area contributed by atoms with Crippen LogP contribution in [0.3, 0.4) is 0 Å². The van der Waals surface area contributed by atoms with E-state index in [0.29, 0.717) is 12.3 Å². The molecule has 2 heterocycles. The number of carbonyl (C=O) groups excluding carboxylic acids is 1. The summed E-state index contributed by atoms with van der Waals surface area (Å²) in [6.45, 7) is 4.80. The van der Waals surface area contributed by atoms with Crippen molar-refractivity contribution < 1.29 is 9.21 Å². The van der Waals surface area contributed by atoms with Gasteiger partial charge in [-0.05, 0) is 34.5 Å². The summed E-state index contributed by atoms with van der Waals surface area (Å²) >= 11 is 1.67. The fourth-order valence-electron chi connectivity index (χ4n) is 1.55. The number of carbonyl (C=O) groups is 1. The number of nitrogens with one attached hydrogen (secondary N) is 1. The second kappa shape index (κ2) is 4.75. The topological polar surface area (TPSA) is 42.2 Å². The fourth-order valence-corrected chi connectivity index (χ4v) is 2.40. The molecule has 90 valence electrons. The third kappa shape index (κ3) is 2.77. The Morgan fingerprint density at radius 3 is 2.88 bits per heavy atom. The second-order valence-corrected chi connectivity index (χ2v) is 5.34. The molecule has 0 radical (unpaired) electrons. The third-order valence-electron chi connectivity index (χ3n) is 2.74. The van der Waals surface area contributed by atoms with Gasteiger partial charge in [-0.25, -0.2) is 0 Å². The highest BCUT2D eigenvalue weighted by atomic mass is 32.1. The van der Waals surface area contributed by atoms with Crippen LogP contribution in [-0.2, 0) is 5.41 Å². The molecular formula is C13H15NO2S. The van der Waals surface area contributed by atoms with E-state index < -0.39 is 0 Å². The van der Waals surface area contributed by atoms with E-state index in [0.717, 1.165) is 0 Å². The summed E-state index contributed by atoms with van der Waals surface area (Å²) in [4.78, 5) is 11.7. The van der Waals surface area contributed by atoms with Gasteiger partial charge in [-0.15, -0.1) is 0 Å². The van der Waals surface area contributed by atoms with Crippen molar-refractivity contribution in [2.24, 2.45) is 0 Å². The van der Waals surface area contributed by atoms with Crippen molar-refractivity contribution in [2.45, 2.75) is 19.3 Å². The van der Waals surface area contributed by atoms with Crippen LogP contribution in [0.1, 0.15) is 30.0 Å². The summed E-state index contributed by atoms with van der Waals surface area (Å²) < 4.78 is 5.04. The summed E-state index contributed by atoms with van der Waals surface area (Å²) in [6, 6.07) is 5.45. The molecule has 17 heavy (non-hydrogen) atoms. The van der Waals surface area contributed by atoms with Gasteiger partial charge < -0.3 is 9.73 Å². The van der Waals surface area contributed by atoms with Crippen molar-refractivity contribution >= 4 is 17.2 Å². The Kier molecular flexibility index (Phi) is 3.33. The van der Waals surface area contributed by atoms with Crippen LogP contribution < -0.4 is 5.32 Å². The zero-order valence-corrected chi connectivity index (χ0v) is 10.7. The molecule has 0 fully saturated rings. The molecule has 0 spiro atoms. The van der Waals surface area contributed by atoms with Crippen LogP contribution in [0.4, 0.5) is 0 Å². The van der Waals surface area contributed by atoms with Gasteiger partial charge in [0, 0.05) is 12.0 Å². The van der Waals surface area contributed by atoms with Gasteiger partial charge in [-0.1, -0.05) is 13.8 Å². The van der Waals surface area contributed by atoms with Crippen molar-refractivity contribution in [1.29, 1.82) is 0 Å². The van der Waals surface area contributed by atoms with Crippen LogP contribution in [-0.4, -0.2) is 12.5 Å². The Bertz CT molecular complexity index is 472. The molecule has 2 aromatic heterocycles. The molecule has 3 nitrogen and oxygen atoms in total. The highest BCUT2D eigenvalue weighted by Gasteiger charge is 2.22. The number of thiophene rings is 1. The molecular weight excluding hydrogens is 234 g/mol. The van der Waals surface area contributed by atoms with Gasteiger partial charge in [-0.3, -0.25) is 4.79 Å². The molecule has 0 saturated heterocycles. The van der Waals surface area contributed by atoms with Gasteiger partial charge in [0.25, 0.3) is 5.91 Å². The van der Waals surface area contributed by atoms with E-state index >= 15 is 0 Å². The molecule has 0 aliphatic rings. The first-order valence-corrected chi connectivity index (χ1v) is 6.38. The Morgan fingerprint density at radius 2 is 2.29 bits per heavy atom. The van der Waals surface area contributed by atoms with Gasteiger partial charge in [-0.2, -0.15) is 11.3 Å². The molecule has 0 aliphatic carbocycles. The quantitative estimate of drug-likeness (QED) is 0.905. The molecule has 0 bridgehead atoms. The van der Waals surface area contributed by atoms with Crippen LogP contribution in [0.25, 0.3) is 0 Å². The number of hydrogen-bond acceptors (Lipinski definition) is 3. The van der Waals surface area contributed by atoms with Gasteiger partial charge >= 0.3 is 0 Å². The number of furan rings is 1. The standard InChI is InChI=1S/C13H15NO2S/c1-13(2,10-5-7-17-8-10)9-14-12(15)11-4-3-6-16-11/h3-8H,9H2,1-2H3,(H,14,15). The minimum Gasteiger partial charge on any atom is -0.459 e. The molecule has 0 unspecified atom stereocenters. The summed E-state index contributed by atoms with van der Waals surface area (Å²) in [6.07, 6.45) is 1.50. The Balaban J connectivity index is 1.96. The number of rotatable bonds is 4. The highest BCUT2D eigenvalue weighted by molar-refractivity contribution is 7.08. The highest BCUT2D eigenvalue weighted by Crippen LogP contribution is 2.24. The number of amides is 1. The van der Waals surface area contributed by atoms with Crippen LogP contribution in [0, 0.1) is 0 Å². The maximum Gasteiger partial charge on any atom is 0.287 e. The van der Waals surface area contributed by atoms with E-state index in [2.05, 4.69) is 30.6 Å². The van der Waals surface area contributed by atoms with E-state index in [-0.39, 0.29) is 11.3 Å². The van der Waals surface area contributed by atoms with Crippen LogP contribution in [0.5, 0.6) is 0 Å². The van der Waals surface area contributed by atoms with Crippen LogP contribution in [0.2, 0.25) is 0 Å². The Labute approximate surface area is 104 Å². The Morgan fingerprint density at radius 1 is 1.47 bits per heavy atom. The SMILES string of the molecule is CC(C)(CNC(=O)c1ccco1)c1ccsc1. The van der Waals surface area contributed by atoms with E-state index in [9.17, 15) is 4.79 Å². The van der Waals surface area contributed by atoms with E-state index in [1.807, 2.05) is 5.38 Å². The normalized spacial score (nSPS) is 11.4. The minimum atomic E-state index is -0.168. The van der Waals surface area contributed by atoms with Crippen molar-refractivity contribution in [3.05, 3.63) is 46.5 Å². The van der Waals surface area contributed by atoms with Gasteiger partial charge in [0.2, 0.25) is 0 Å². The third-order valence-corrected chi connectivity index (χ3v) is 3.42. The maximum absolute atomic E-state index is 11.7. The lowest BCUT2D eigenvalue weighted by molar-refractivity contribution is 0.0918. The monoisotopic (exact) mass is 249 g/mol. The largest absolute Gasteiger partial charge is 0.459 e. The number of hydrogen-bond donors (Lipinski definition) is 1. The molecule has 4 heteroatoms. The van der Waals surface area contributed by atoms with Gasteiger partial charge in [0.15, 0.2) is 5.76 Å². The lowest BCUT2D eigenvalue weighted by Crippen LogP contribution is -2.36. The average molecular weight is 249 g/mol. The molecule has 0 atom stereocenters. The smallest absolute Gasteiger partial charge is 0.287 e. The van der Waals surface area contributed by atoms with E-state index in [1.54, 1.807) is 23.5 Å². The van der Waals surface area contributed by atoms with Gasteiger partial charge in [0.05, 0.1) is 6.26 Å². The molecule has 1 amide bonds. The molecule has 0 aliphatic heterocycles. The lowest BCUT2D eigenvalue weighted by atomic mass is 9.86. The van der Waals surface area contributed by atoms with Crippen LogP contribution >= 0.6 is 11.3 Å². The van der Waals surface area contributed by atoms with Crippen molar-refractivity contribution in [3.8, 4) is 0 Å². The lowest BCUT2D eigenvalue weighted by Gasteiger charge is -2.23. The van der Waals surface area contributed by atoms with Crippen LogP contribution in [0.15, 0.2) is 39.6 Å². The maximum atomic E-state index is 11.7. The predicted octanol–water partition coefficient (Wildman–Crippen LogP) is 3.05. The zero-order chi connectivity index (χ0) is 12.3. The molecule has 1 N–H and O–H groups in total. The average Bonchev–Trinajstić information content (AvgIpc) is 2.97. The summed E-state index contributed by atoms with van der Waals surface area (Å²) in [5, 5.41) is 7.04. The molecule has 0 aromatic carbocycles. The van der Waals surface area contributed by atoms with Crippen molar-refractivity contribution in [2.75, 3.05) is 6.54 Å². The van der Waals surface area contributed by atoms with Crippen molar-refractivity contribution in [1.82, 2.24) is 5.32 Å². The van der Waals surface area contributed by atoms with E-state index in [1.165, 1.54) is 11.8 Å². The van der Waals surface area contributed by atoms with Crippen molar-refractivity contribution in [3.63, 3.8) is 0 Å². The zero-order valence-electron chi connectivity index (χ0n) is 9.90.